The van der Waals surface area contributed by atoms with Crippen LogP contribution >= 0.6 is 11.3 Å². The van der Waals surface area contributed by atoms with Gasteiger partial charge in [0.1, 0.15) is 0 Å². The van der Waals surface area contributed by atoms with Gasteiger partial charge in [-0.1, -0.05) is 48.6 Å². The Morgan fingerprint density at radius 2 is 1.84 bits per heavy atom. The zero-order chi connectivity index (χ0) is 21.6. The highest BCUT2D eigenvalue weighted by Gasteiger charge is 2.59. The second kappa shape index (κ2) is 7.84. The number of hydrogen-bond acceptors (Lipinski definition) is 4. The summed E-state index contributed by atoms with van der Waals surface area (Å²) < 4.78 is 7.89. The third-order valence-electron chi connectivity index (χ3n) is 7.92. The number of rotatable bonds is 7. The van der Waals surface area contributed by atoms with Crippen molar-refractivity contribution in [3.63, 3.8) is 0 Å². The standard InChI is InChI=1S/C26H32NO3S/c1-18-23(31-17-27(18)15-22(28)21-6-4-3-5-7-21)8-9-30-24(29)26-13-19-10-20(14-26)12-25(2,11-19)16-26/h3-7,17,19-20H,8-16H2,1-2H3/q+1/t19-,20-,25?,26?/m1/s1. The molecule has 0 spiro atoms. The van der Waals surface area contributed by atoms with Gasteiger partial charge in [0.05, 0.1) is 16.9 Å². The summed E-state index contributed by atoms with van der Waals surface area (Å²) in [5.41, 5.74) is 3.97. The minimum Gasteiger partial charge on any atom is -0.465 e. The summed E-state index contributed by atoms with van der Waals surface area (Å²) in [5.74, 6) is 1.60. The number of carbonyl (C=O) groups is 2. The molecule has 4 fully saturated rings. The van der Waals surface area contributed by atoms with Crippen molar-refractivity contribution >= 4 is 23.1 Å². The Labute approximate surface area is 188 Å². The molecule has 2 aromatic rings. The van der Waals surface area contributed by atoms with Gasteiger partial charge >= 0.3 is 5.97 Å². The summed E-state index contributed by atoms with van der Waals surface area (Å²) in [7, 11) is 0. The highest BCUT2D eigenvalue weighted by molar-refractivity contribution is 7.09. The summed E-state index contributed by atoms with van der Waals surface area (Å²) in [6.45, 7) is 5.21. The molecule has 2 atom stereocenters. The molecule has 4 nitrogen and oxygen atoms in total. The predicted molar refractivity (Wildman–Crippen MR) is 120 cm³/mol. The number of Topliss-reactive ketones (excluding diaryl/α,β-unsaturated/α-hetero) is 1. The van der Waals surface area contributed by atoms with Crippen molar-refractivity contribution in [1.29, 1.82) is 0 Å². The number of aromatic nitrogens is 1. The van der Waals surface area contributed by atoms with Gasteiger partial charge in [0.15, 0.2) is 5.69 Å². The van der Waals surface area contributed by atoms with Crippen molar-refractivity contribution in [2.24, 2.45) is 22.7 Å². The van der Waals surface area contributed by atoms with Crippen LogP contribution in [0.1, 0.15) is 66.4 Å². The molecular formula is C26H32NO3S+. The van der Waals surface area contributed by atoms with E-state index in [-0.39, 0.29) is 17.2 Å². The average molecular weight is 439 g/mol. The highest BCUT2D eigenvalue weighted by atomic mass is 32.1. The molecule has 4 aliphatic rings. The van der Waals surface area contributed by atoms with Crippen LogP contribution < -0.4 is 4.57 Å². The van der Waals surface area contributed by atoms with Crippen LogP contribution in [0, 0.1) is 29.6 Å². The first-order valence-electron chi connectivity index (χ1n) is 11.6. The lowest BCUT2D eigenvalue weighted by Crippen LogP contribution is -2.54. The van der Waals surface area contributed by atoms with Crippen molar-refractivity contribution in [3.05, 3.63) is 52.0 Å². The fraction of sp³-hybridized carbons (Fsp3) is 0.577. The van der Waals surface area contributed by atoms with Crippen LogP contribution in [0.2, 0.25) is 0 Å². The van der Waals surface area contributed by atoms with E-state index in [1.54, 1.807) is 11.3 Å². The van der Waals surface area contributed by atoms with Gasteiger partial charge in [-0.2, -0.15) is 4.57 Å². The Hall–Kier alpha value is -2.01. The lowest BCUT2D eigenvalue weighted by Gasteiger charge is -2.59. The number of nitrogens with zero attached hydrogens (tertiary/aromatic N) is 1. The molecular weight excluding hydrogens is 406 g/mol. The van der Waals surface area contributed by atoms with Gasteiger partial charge in [-0.25, -0.2) is 0 Å². The van der Waals surface area contributed by atoms with E-state index in [2.05, 4.69) is 6.92 Å². The molecule has 0 amide bonds. The van der Waals surface area contributed by atoms with E-state index >= 15 is 0 Å². The summed E-state index contributed by atoms with van der Waals surface area (Å²) in [6, 6.07) is 9.42. The Balaban J connectivity index is 1.18. The zero-order valence-corrected chi connectivity index (χ0v) is 19.4. The lowest BCUT2D eigenvalue weighted by atomic mass is 9.44. The Kier molecular flexibility index (Phi) is 5.28. The first-order chi connectivity index (χ1) is 14.9. The third-order valence-corrected chi connectivity index (χ3v) is 9.06. The van der Waals surface area contributed by atoms with Crippen molar-refractivity contribution in [1.82, 2.24) is 0 Å². The van der Waals surface area contributed by atoms with E-state index in [1.165, 1.54) is 24.1 Å². The summed E-state index contributed by atoms with van der Waals surface area (Å²) in [6.07, 6.45) is 7.74. The van der Waals surface area contributed by atoms with Crippen molar-refractivity contribution in [2.45, 2.75) is 65.3 Å². The predicted octanol–water partition coefficient (Wildman–Crippen LogP) is 4.92. The van der Waals surface area contributed by atoms with E-state index in [9.17, 15) is 9.59 Å². The van der Waals surface area contributed by atoms with Gasteiger partial charge in [-0.15, -0.1) is 0 Å². The average Bonchev–Trinajstić information content (AvgIpc) is 3.06. The molecule has 0 N–H and O–H groups in total. The number of hydrogen-bond donors (Lipinski definition) is 0. The minimum atomic E-state index is -0.217. The molecule has 31 heavy (non-hydrogen) atoms. The Morgan fingerprint density at radius 3 is 2.52 bits per heavy atom. The van der Waals surface area contributed by atoms with Gasteiger partial charge in [0, 0.05) is 18.9 Å². The van der Waals surface area contributed by atoms with Gasteiger partial charge in [-0.3, -0.25) is 9.59 Å². The van der Waals surface area contributed by atoms with Crippen LogP contribution in [-0.4, -0.2) is 18.4 Å². The Morgan fingerprint density at radius 1 is 1.13 bits per heavy atom. The Bertz CT molecular complexity index is 981. The first-order valence-corrected chi connectivity index (χ1v) is 12.5. The zero-order valence-electron chi connectivity index (χ0n) is 18.6. The van der Waals surface area contributed by atoms with Crippen LogP contribution in [0.4, 0.5) is 0 Å². The normalized spacial score (nSPS) is 31.0. The topological polar surface area (TPSA) is 47.2 Å². The van der Waals surface area contributed by atoms with Crippen molar-refractivity contribution < 1.29 is 18.9 Å². The maximum absolute atomic E-state index is 13.2. The molecule has 4 aliphatic carbocycles. The second-order valence-electron chi connectivity index (χ2n) is 10.6. The van der Waals surface area contributed by atoms with Gasteiger partial charge in [0.2, 0.25) is 17.8 Å². The van der Waals surface area contributed by atoms with Gasteiger partial charge < -0.3 is 4.74 Å². The van der Waals surface area contributed by atoms with E-state index in [4.69, 9.17) is 4.74 Å². The molecule has 0 aliphatic heterocycles. The molecule has 1 aromatic heterocycles. The van der Waals surface area contributed by atoms with E-state index in [0.717, 1.165) is 48.8 Å². The molecule has 1 heterocycles. The van der Waals surface area contributed by atoms with E-state index in [1.807, 2.05) is 47.3 Å². The molecule has 4 bridgehead atoms. The fourth-order valence-corrected chi connectivity index (χ4v) is 8.04. The number of benzene rings is 1. The summed E-state index contributed by atoms with van der Waals surface area (Å²) in [4.78, 5) is 26.9. The summed E-state index contributed by atoms with van der Waals surface area (Å²) in [5, 5.41) is 0. The maximum atomic E-state index is 13.2. The van der Waals surface area contributed by atoms with Crippen LogP contribution in [0.3, 0.4) is 0 Å². The second-order valence-corrected chi connectivity index (χ2v) is 11.5. The largest absolute Gasteiger partial charge is 0.465 e. The number of esters is 1. The smallest absolute Gasteiger partial charge is 0.312 e. The molecule has 5 heteroatoms. The quantitative estimate of drug-likeness (QED) is 0.350. The fourth-order valence-electron chi connectivity index (χ4n) is 7.07. The third kappa shape index (κ3) is 3.97. The van der Waals surface area contributed by atoms with Crippen molar-refractivity contribution in [3.8, 4) is 0 Å². The molecule has 1 aromatic carbocycles. The van der Waals surface area contributed by atoms with Crippen LogP contribution in [-0.2, 0) is 22.5 Å². The minimum absolute atomic E-state index is 0.0502. The van der Waals surface area contributed by atoms with Crippen molar-refractivity contribution in [2.75, 3.05) is 6.61 Å². The maximum Gasteiger partial charge on any atom is 0.312 e. The van der Waals surface area contributed by atoms with Crippen LogP contribution in [0.15, 0.2) is 35.8 Å². The lowest BCUT2D eigenvalue weighted by molar-refractivity contribution is -0.684. The molecule has 0 saturated heterocycles. The molecule has 6 rings (SSSR count). The first kappa shape index (κ1) is 20.9. The summed E-state index contributed by atoms with van der Waals surface area (Å²) >= 11 is 1.64. The van der Waals surface area contributed by atoms with Crippen LogP contribution in [0.5, 0.6) is 0 Å². The number of thiazole rings is 1. The molecule has 0 radical (unpaired) electrons. The molecule has 164 valence electrons. The number of ketones is 1. The van der Waals surface area contributed by atoms with Gasteiger partial charge in [-0.05, 0) is 55.8 Å². The SMILES string of the molecule is Cc1c(CCOC(=O)C23C[C@@H]4C[C@H](CC(C)(C4)C2)C3)sc[n+]1CC(=O)c1ccccc1. The number of ether oxygens (including phenoxy) is 1. The highest BCUT2D eigenvalue weighted by Crippen LogP contribution is 2.65. The van der Waals surface area contributed by atoms with Gasteiger partial charge in [0.25, 0.3) is 0 Å². The number of carbonyl (C=O) groups excluding carboxylic acids is 2. The molecule has 4 saturated carbocycles. The van der Waals surface area contributed by atoms with E-state index < -0.39 is 0 Å². The van der Waals surface area contributed by atoms with E-state index in [0.29, 0.717) is 18.6 Å². The molecule has 0 unspecified atom stereocenters. The monoisotopic (exact) mass is 438 g/mol. The van der Waals surface area contributed by atoms with Crippen LogP contribution in [0.25, 0.3) is 0 Å².